The molecule has 1 aliphatic heterocycles. The Kier molecular flexibility index (Phi) is 7.92. The van der Waals surface area contributed by atoms with E-state index in [1.54, 1.807) is 0 Å². The molecule has 1 saturated heterocycles. The van der Waals surface area contributed by atoms with Crippen molar-refractivity contribution >= 4 is 0 Å². The molecule has 0 aliphatic carbocycles. The van der Waals surface area contributed by atoms with Crippen LogP contribution < -0.4 is 5.73 Å². The molecule has 3 heteroatoms. The molecule has 1 fully saturated rings. The first-order chi connectivity index (χ1) is 12.0. The summed E-state index contributed by atoms with van der Waals surface area (Å²) >= 11 is 0. The molecule has 0 spiro atoms. The Balaban J connectivity index is 2.19. The molecule has 0 aromatic heterocycles. The largest absolute Gasteiger partial charge is 0.329 e. The van der Waals surface area contributed by atoms with Crippen LogP contribution in [-0.2, 0) is 6.54 Å². The molecular formula is C22H39N3. The number of hydrogen-bond donors (Lipinski definition) is 1. The van der Waals surface area contributed by atoms with Crippen molar-refractivity contribution in [3.8, 4) is 0 Å². The average molecular weight is 346 g/mol. The normalized spacial score (nSPS) is 22.2. The highest BCUT2D eigenvalue weighted by Crippen LogP contribution is 2.32. The van der Waals surface area contributed by atoms with Gasteiger partial charge in [-0.25, -0.2) is 0 Å². The number of nitrogens with zero attached hydrogens (tertiary/aromatic N) is 2. The molecule has 142 valence electrons. The number of likely N-dealkylation sites (tertiary alicyclic amines) is 1. The second-order valence-electron chi connectivity index (χ2n) is 8.24. The van der Waals surface area contributed by atoms with Crippen LogP contribution >= 0.6 is 0 Å². The summed E-state index contributed by atoms with van der Waals surface area (Å²) in [5, 5.41) is 0. The van der Waals surface area contributed by atoms with E-state index in [4.69, 9.17) is 5.73 Å². The van der Waals surface area contributed by atoms with Crippen molar-refractivity contribution in [2.45, 2.75) is 71.5 Å². The van der Waals surface area contributed by atoms with E-state index < -0.39 is 0 Å². The van der Waals surface area contributed by atoms with Gasteiger partial charge in [0.05, 0.1) is 0 Å². The van der Waals surface area contributed by atoms with Gasteiger partial charge in [-0.2, -0.15) is 0 Å². The molecule has 1 heterocycles. The highest BCUT2D eigenvalue weighted by Gasteiger charge is 2.41. The second kappa shape index (κ2) is 9.70. The van der Waals surface area contributed by atoms with E-state index in [1.165, 1.54) is 37.8 Å². The maximum absolute atomic E-state index is 6.45. The smallest absolute Gasteiger partial charge is 0.0462 e. The Bertz CT molecular complexity index is 483. The van der Waals surface area contributed by atoms with Crippen molar-refractivity contribution in [1.29, 1.82) is 0 Å². The topological polar surface area (TPSA) is 32.5 Å². The van der Waals surface area contributed by atoms with Crippen molar-refractivity contribution in [2.24, 2.45) is 11.7 Å². The van der Waals surface area contributed by atoms with Gasteiger partial charge in [0.1, 0.15) is 0 Å². The molecule has 25 heavy (non-hydrogen) atoms. The van der Waals surface area contributed by atoms with E-state index in [9.17, 15) is 0 Å². The molecule has 2 rings (SSSR count). The number of piperidine rings is 1. The fourth-order valence-electron chi connectivity index (χ4n) is 4.55. The van der Waals surface area contributed by atoms with Crippen LogP contribution in [0, 0.1) is 5.92 Å². The molecule has 1 atom stereocenters. The number of rotatable bonds is 9. The molecule has 1 aromatic carbocycles. The summed E-state index contributed by atoms with van der Waals surface area (Å²) in [4.78, 5) is 5.41. The van der Waals surface area contributed by atoms with Crippen LogP contribution in [0.5, 0.6) is 0 Å². The first-order valence-corrected chi connectivity index (χ1v) is 10.3. The monoisotopic (exact) mass is 345 g/mol. The second-order valence-corrected chi connectivity index (χ2v) is 8.24. The third-order valence-corrected chi connectivity index (χ3v) is 5.82. The minimum Gasteiger partial charge on any atom is -0.329 e. The molecule has 0 saturated carbocycles. The van der Waals surface area contributed by atoms with Crippen molar-refractivity contribution in [2.75, 3.05) is 26.2 Å². The molecular weight excluding hydrogens is 306 g/mol. The van der Waals surface area contributed by atoms with Gasteiger partial charge in [-0.05, 0) is 43.7 Å². The van der Waals surface area contributed by atoms with Crippen molar-refractivity contribution in [3.05, 3.63) is 35.9 Å². The Morgan fingerprint density at radius 3 is 2.40 bits per heavy atom. The van der Waals surface area contributed by atoms with Gasteiger partial charge in [0.15, 0.2) is 0 Å². The van der Waals surface area contributed by atoms with Gasteiger partial charge in [0.25, 0.3) is 0 Å². The summed E-state index contributed by atoms with van der Waals surface area (Å²) in [5.41, 5.74) is 7.99. The van der Waals surface area contributed by atoms with E-state index >= 15 is 0 Å². The van der Waals surface area contributed by atoms with Crippen LogP contribution in [0.15, 0.2) is 30.3 Å². The summed E-state index contributed by atoms with van der Waals surface area (Å²) in [5.74, 6) is 0.675. The van der Waals surface area contributed by atoms with Gasteiger partial charge in [0.2, 0.25) is 0 Å². The number of hydrogen-bond acceptors (Lipinski definition) is 3. The van der Waals surface area contributed by atoms with Crippen molar-refractivity contribution < 1.29 is 0 Å². The fraction of sp³-hybridized carbons (Fsp3) is 0.727. The van der Waals surface area contributed by atoms with Crippen LogP contribution in [0.25, 0.3) is 0 Å². The summed E-state index contributed by atoms with van der Waals surface area (Å²) < 4.78 is 0. The Hall–Kier alpha value is -0.900. The quantitative estimate of drug-likeness (QED) is 0.730. The predicted octanol–water partition coefficient (Wildman–Crippen LogP) is 4.13. The van der Waals surface area contributed by atoms with Crippen molar-refractivity contribution in [1.82, 2.24) is 9.80 Å². The molecule has 1 aliphatic rings. The van der Waals surface area contributed by atoms with Gasteiger partial charge in [0, 0.05) is 37.8 Å². The summed E-state index contributed by atoms with van der Waals surface area (Å²) in [6, 6.07) is 11.5. The molecule has 2 N–H and O–H groups in total. The summed E-state index contributed by atoms with van der Waals surface area (Å²) in [6.07, 6.45) is 4.91. The van der Waals surface area contributed by atoms with Crippen LogP contribution in [0.1, 0.15) is 58.9 Å². The summed E-state index contributed by atoms with van der Waals surface area (Å²) in [7, 11) is 0. The lowest BCUT2D eigenvalue weighted by Crippen LogP contribution is -2.65. The Morgan fingerprint density at radius 2 is 1.84 bits per heavy atom. The minimum absolute atomic E-state index is 0.133. The third-order valence-electron chi connectivity index (χ3n) is 5.82. The third kappa shape index (κ3) is 5.29. The van der Waals surface area contributed by atoms with Crippen molar-refractivity contribution in [3.63, 3.8) is 0 Å². The number of benzene rings is 1. The molecule has 1 unspecified atom stereocenters. The number of nitrogens with two attached hydrogens (primary N) is 1. The SMILES string of the molecule is CCC(CC)N(CC(C)C)C1(CN)CCCN(Cc2ccccc2)C1. The van der Waals surface area contributed by atoms with Gasteiger partial charge in [-0.1, -0.05) is 58.0 Å². The van der Waals surface area contributed by atoms with E-state index in [1.807, 2.05) is 0 Å². The molecule has 3 nitrogen and oxygen atoms in total. The van der Waals surface area contributed by atoms with Gasteiger partial charge >= 0.3 is 0 Å². The van der Waals surface area contributed by atoms with E-state index in [0.29, 0.717) is 12.0 Å². The van der Waals surface area contributed by atoms with Gasteiger partial charge in [-0.15, -0.1) is 0 Å². The minimum atomic E-state index is 0.133. The predicted molar refractivity (Wildman–Crippen MR) is 109 cm³/mol. The lowest BCUT2D eigenvalue weighted by molar-refractivity contribution is -0.0236. The molecule has 0 bridgehead atoms. The van der Waals surface area contributed by atoms with Crippen LogP contribution in [0.2, 0.25) is 0 Å². The zero-order valence-corrected chi connectivity index (χ0v) is 16.9. The van der Waals surface area contributed by atoms with E-state index in [-0.39, 0.29) is 5.54 Å². The molecule has 1 aromatic rings. The van der Waals surface area contributed by atoms with Crippen LogP contribution in [-0.4, -0.2) is 47.6 Å². The lowest BCUT2D eigenvalue weighted by atomic mass is 9.84. The molecule has 0 amide bonds. The Labute approximate surface area is 155 Å². The first kappa shape index (κ1) is 20.4. The maximum atomic E-state index is 6.45. The lowest BCUT2D eigenvalue weighted by Gasteiger charge is -2.52. The maximum Gasteiger partial charge on any atom is 0.0462 e. The zero-order chi connectivity index (χ0) is 18.3. The van der Waals surface area contributed by atoms with Gasteiger partial charge < -0.3 is 5.73 Å². The molecule has 0 radical (unpaired) electrons. The van der Waals surface area contributed by atoms with E-state index in [2.05, 4.69) is 67.8 Å². The Morgan fingerprint density at radius 1 is 1.16 bits per heavy atom. The standard InChI is InChI=1S/C22H39N3/c1-5-21(6-2)25(15-19(3)4)22(17-23)13-10-14-24(18-22)16-20-11-8-7-9-12-20/h7-9,11-12,19,21H,5-6,10,13-18,23H2,1-4H3. The first-order valence-electron chi connectivity index (χ1n) is 10.3. The van der Waals surface area contributed by atoms with Crippen LogP contribution in [0.4, 0.5) is 0 Å². The van der Waals surface area contributed by atoms with E-state index in [0.717, 1.165) is 26.2 Å². The fourth-order valence-corrected chi connectivity index (χ4v) is 4.55. The highest BCUT2D eigenvalue weighted by molar-refractivity contribution is 5.15. The van der Waals surface area contributed by atoms with Crippen LogP contribution in [0.3, 0.4) is 0 Å². The zero-order valence-electron chi connectivity index (χ0n) is 16.9. The van der Waals surface area contributed by atoms with Gasteiger partial charge in [-0.3, -0.25) is 9.80 Å². The highest BCUT2D eigenvalue weighted by atomic mass is 15.3. The summed E-state index contributed by atoms with van der Waals surface area (Å²) in [6.45, 7) is 14.6. The average Bonchev–Trinajstić information content (AvgIpc) is 2.62.